The molecule has 0 radical (unpaired) electrons. The molecule has 0 aromatic rings. The van der Waals surface area contributed by atoms with Gasteiger partial charge < -0.3 is 39.9 Å². The van der Waals surface area contributed by atoms with Gasteiger partial charge in [0, 0.05) is 6.61 Å². The van der Waals surface area contributed by atoms with Crippen LogP contribution in [0.5, 0.6) is 0 Å². The topological polar surface area (TPSA) is 192 Å². The van der Waals surface area contributed by atoms with Gasteiger partial charge in [-0.2, -0.15) is 0 Å². The lowest BCUT2D eigenvalue weighted by Crippen LogP contribution is -2.64. The number of carbonyl (C=O) groups excluding carboxylic acids is 1. The van der Waals surface area contributed by atoms with Crippen molar-refractivity contribution in [3.05, 3.63) is 60.8 Å². The normalized spacial score (nSPS) is 24.5. The molecule has 0 bridgehead atoms. The molecule has 1 fully saturated rings. The monoisotopic (exact) mass is 758 g/mol. The van der Waals surface area contributed by atoms with Gasteiger partial charge in [-0.3, -0.25) is 13.8 Å². The number of esters is 1. The van der Waals surface area contributed by atoms with Crippen molar-refractivity contribution in [2.45, 2.75) is 159 Å². The largest absolute Gasteiger partial charge is 0.472 e. The number of carbonyl (C=O) groups is 1. The fourth-order valence-corrected chi connectivity index (χ4v) is 6.34. The zero-order valence-electron chi connectivity index (χ0n) is 31.3. The SMILES string of the molecule is CC/C=C\C/C=C\C/C=C\C/C=C\C/C=C\CC(=O)OC(COCCCCCCCCCCCC)COP(=O)(O)OC1C(O)C(O)C(O)C(O)C1O. The first-order valence-corrected chi connectivity index (χ1v) is 20.6. The number of aliphatic hydroxyl groups excluding tert-OH is 5. The summed E-state index contributed by atoms with van der Waals surface area (Å²) < 4.78 is 33.8. The van der Waals surface area contributed by atoms with Crippen LogP contribution in [-0.2, 0) is 27.9 Å². The first kappa shape index (κ1) is 48.1. The number of hydrogen-bond donors (Lipinski definition) is 6. The lowest BCUT2D eigenvalue weighted by atomic mass is 9.85. The lowest BCUT2D eigenvalue weighted by Gasteiger charge is -2.41. The van der Waals surface area contributed by atoms with E-state index >= 15 is 0 Å². The van der Waals surface area contributed by atoms with Crippen molar-refractivity contribution in [2.24, 2.45) is 0 Å². The number of allylic oxidation sites excluding steroid dienone is 9. The first-order valence-electron chi connectivity index (χ1n) is 19.1. The molecule has 1 aliphatic rings. The van der Waals surface area contributed by atoms with Gasteiger partial charge in [-0.25, -0.2) is 4.57 Å². The molecule has 12 nitrogen and oxygen atoms in total. The third-order valence-electron chi connectivity index (χ3n) is 8.44. The van der Waals surface area contributed by atoms with Crippen molar-refractivity contribution >= 4 is 13.8 Å². The van der Waals surface area contributed by atoms with Gasteiger partial charge in [-0.15, -0.1) is 0 Å². The van der Waals surface area contributed by atoms with Crippen LogP contribution in [0.1, 0.15) is 117 Å². The zero-order valence-corrected chi connectivity index (χ0v) is 32.2. The molecule has 300 valence electrons. The van der Waals surface area contributed by atoms with Crippen molar-refractivity contribution < 1.29 is 58.3 Å². The summed E-state index contributed by atoms with van der Waals surface area (Å²) in [5, 5.41) is 49.9. The van der Waals surface area contributed by atoms with Gasteiger partial charge in [0.15, 0.2) is 0 Å². The van der Waals surface area contributed by atoms with Crippen LogP contribution in [0.15, 0.2) is 60.8 Å². The van der Waals surface area contributed by atoms with Crippen LogP contribution < -0.4 is 0 Å². The Hall–Kier alpha value is -1.96. The summed E-state index contributed by atoms with van der Waals surface area (Å²) >= 11 is 0. The molecule has 0 amide bonds. The highest BCUT2D eigenvalue weighted by Gasteiger charge is 2.51. The van der Waals surface area contributed by atoms with Gasteiger partial charge in [0.2, 0.25) is 0 Å². The van der Waals surface area contributed by atoms with E-state index in [0.717, 1.165) is 44.9 Å². The molecule has 52 heavy (non-hydrogen) atoms. The van der Waals surface area contributed by atoms with E-state index in [4.69, 9.17) is 18.5 Å². The Morgan fingerprint density at radius 2 is 1.06 bits per heavy atom. The highest BCUT2D eigenvalue weighted by molar-refractivity contribution is 7.47. The molecule has 13 heteroatoms. The van der Waals surface area contributed by atoms with Crippen LogP contribution in [0.2, 0.25) is 0 Å². The molecule has 0 aliphatic heterocycles. The molecule has 6 unspecified atom stereocenters. The van der Waals surface area contributed by atoms with Gasteiger partial charge in [0.1, 0.15) is 42.7 Å². The molecular formula is C39H67O12P. The smallest absolute Gasteiger partial charge is 0.457 e. The van der Waals surface area contributed by atoms with Crippen molar-refractivity contribution in [3.63, 3.8) is 0 Å². The Morgan fingerprint density at radius 1 is 0.615 bits per heavy atom. The summed E-state index contributed by atoms with van der Waals surface area (Å²) in [5.41, 5.74) is 0. The van der Waals surface area contributed by atoms with E-state index in [9.17, 15) is 39.8 Å². The van der Waals surface area contributed by atoms with Crippen LogP contribution in [0.25, 0.3) is 0 Å². The van der Waals surface area contributed by atoms with E-state index in [2.05, 4.69) is 50.3 Å². The van der Waals surface area contributed by atoms with E-state index in [1.165, 1.54) is 44.9 Å². The maximum atomic E-state index is 12.7. The predicted octanol–water partition coefficient (Wildman–Crippen LogP) is 6.30. The number of unbranched alkanes of at least 4 members (excludes halogenated alkanes) is 9. The standard InChI is InChI=1S/C39H67O12P/c1-3-5-7-9-11-13-15-16-17-18-19-20-22-24-26-28-33(40)50-32(30-48-29-27-25-23-21-14-12-10-8-6-4-2)31-49-52(46,47)51-39-37(44)35(42)34(41)36(43)38(39)45/h5,7,11,13,16-17,19-20,24,26,32,34-39,41-45H,3-4,6,8-10,12,14-15,18,21-23,25,27-31H2,1-2H3,(H,46,47)/b7-5-,13-11-,17-16-,20-19-,26-24-. The molecule has 1 aliphatic carbocycles. The molecule has 6 N–H and O–H groups in total. The number of ether oxygens (including phenoxy) is 2. The first-order chi connectivity index (χ1) is 25.0. The third-order valence-corrected chi connectivity index (χ3v) is 9.42. The lowest BCUT2D eigenvalue weighted by molar-refractivity contribution is -0.220. The fraction of sp³-hybridized carbons (Fsp3) is 0.718. The average Bonchev–Trinajstić information content (AvgIpc) is 3.12. The minimum Gasteiger partial charge on any atom is -0.457 e. The second-order valence-electron chi connectivity index (χ2n) is 13.1. The summed E-state index contributed by atoms with van der Waals surface area (Å²) in [4.78, 5) is 22.9. The fourth-order valence-electron chi connectivity index (χ4n) is 5.37. The summed E-state index contributed by atoms with van der Waals surface area (Å²) in [6, 6.07) is 0. The summed E-state index contributed by atoms with van der Waals surface area (Å²) in [6.07, 6.45) is 23.4. The Balaban J connectivity index is 2.56. The minimum atomic E-state index is -5.03. The number of phosphoric ester groups is 1. The van der Waals surface area contributed by atoms with Crippen LogP contribution in [0.3, 0.4) is 0 Å². The van der Waals surface area contributed by atoms with Gasteiger partial charge in [0.05, 0.1) is 19.6 Å². The van der Waals surface area contributed by atoms with E-state index in [-0.39, 0.29) is 13.0 Å². The average molecular weight is 759 g/mol. The molecule has 1 rings (SSSR count). The molecule has 0 aromatic carbocycles. The molecular weight excluding hydrogens is 691 g/mol. The van der Waals surface area contributed by atoms with Crippen molar-refractivity contribution in [1.82, 2.24) is 0 Å². The van der Waals surface area contributed by atoms with Gasteiger partial charge in [-0.05, 0) is 38.5 Å². The van der Waals surface area contributed by atoms with E-state index < -0.39 is 63.1 Å². The van der Waals surface area contributed by atoms with Crippen LogP contribution >= 0.6 is 7.82 Å². The number of hydrogen-bond acceptors (Lipinski definition) is 11. The number of rotatable bonds is 30. The summed E-state index contributed by atoms with van der Waals surface area (Å²) in [5.74, 6) is -0.607. The maximum Gasteiger partial charge on any atom is 0.472 e. The van der Waals surface area contributed by atoms with E-state index in [1.54, 1.807) is 6.08 Å². The zero-order chi connectivity index (χ0) is 38.5. The molecule has 0 saturated heterocycles. The summed E-state index contributed by atoms with van der Waals surface area (Å²) in [6.45, 7) is 3.98. The van der Waals surface area contributed by atoms with Gasteiger partial charge in [0.25, 0.3) is 0 Å². The second-order valence-corrected chi connectivity index (χ2v) is 14.5. The maximum absolute atomic E-state index is 12.7. The Labute approximate surface area is 311 Å². The third kappa shape index (κ3) is 23.0. The Morgan fingerprint density at radius 3 is 1.56 bits per heavy atom. The molecule has 0 aromatic heterocycles. The quantitative estimate of drug-likeness (QED) is 0.0208. The van der Waals surface area contributed by atoms with Crippen molar-refractivity contribution in [2.75, 3.05) is 19.8 Å². The number of phosphoric acid groups is 1. The molecule has 1 saturated carbocycles. The van der Waals surface area contributed by atoms with Crippen molar-refractivity contribution in [1.29, 1.82) is 0 Å². The highest BCUT2D eigenvalue weighted by atomic mass is 31.2. The summed E-state index contributed by atoms with van der Waals surface area (Å²) in [7, 11) is -5.03. The van der Waals surface area contributed by atoms with Gasteiger partial charge >= 0.3 is 13.8 Å². The Bertz CT molecular complexity index is 1090. The minimum absolute atomic E-state index is 0.0473. The Kier molecular flexibility index (Phi) is 28.1. The van der Waals surface area contributed by atoms with Crippen LogP contribution in [-0.4, -0.2) is 98.9 Å². The van der Waals surface area contributed by atoms with E-state index in [0.29, 0.717) is 13.0 Å². The highest BCUT2D eigenvalue weighted by Crippen LogP contribution is 2.47. The number of aliphatic hydroxyl groups is 5. The van der Waals surface area contributed by atoms with Crippen LogP contribution in [0, 0.1) is 0 Å². The molecule has 6 atom stereocenters. The predicted molar refractivity (Wildman–Crippen MR) is 202 cm³/mol. The van der Waals surface area contributed by atoms with E-state index in [1.807, 2.05) is 18.2 Å². The van der Waals surface area contributed by atoms with Crippen LogP contribution in [0.4, 0.5) is 0 Å². The van der Waals surface area contributed by atoms with Gasteiger partial charge in [-0.1, -0.05) is 132 Å². The molecule has 0 spiro atoms. The molecule has 0 heterocycles. The van der Waals surface area contributed by atoms with Crippen molar-refractivity contribution in [3.8, 4) is 0 Å². The second kappa shape index (κ2) is 30.4.